The van der Waals surface area contributed by atoms with Crippen molar-refractivity contribution in [2.75, 3.05) is 38.8 Å². The zero-order valence-corrected chi connectivity index (χ0v) is 18.1. The molecule has 28 heavy (non-hydrogen) atoms. The first kappa shape index (κ1) is 22.2. The van der Waals surface area contributed by atoms with Gasteiger partial charge in [0.25, 0.3) is 5.91 Å². The Morgan fingerprint density at radius 1 is 1.14 bits per heavy atom. The number of halogens is 1. The van der Waals surface area contributed by atoms with E-state index in [1.54, 1.807) is 7.11 Å². The van der Waals surface area contributed by atoms with Crippen molar-refractivity contribution in [1.82, 2.24) is 5.32 Å². The maximum atomic E-state index is 12.2. The van der Waals surface area contributed by atoms with E-state index in [9.17, 15) is 4.79 Å². The van der Waals surface area contributed by atoms with Gasteiger partial charge in [-0.15, -0.1) is 0 Å². The van der Waals surface area contributed by atoms with Gasteiger partial charge in [0.2, 0.25) is 0 Å². The second-order valence-corrected chi connectivity index (χ2v) is 7.06. The molecule has 0 spiro atoms. The Morgan fingerprint density at radius 3 is 2.57 bits per heavy atom. The number of amides is 1. The van der Waals surface area contributed by atoms with Gasteiger partial charge in [-0.25, -0.2) is 0 Å². The number of methoxy groups -OCH3 is 1. The Kier molecular flexibility index (Phi) is 9.27. The Labute approximate surface area is 174 Å². The number of carbonyl (C=O) groups is 1. The van der Waals surface area contributed by atoms with E-state index in [1.165, 1.54) is 0 Å². The molecule has 0 aliphatic rings. The lowest BCUT2D eigenvalue weighted by molar-refractivity contribution is -0.118. The molecule has 0 aliphatic carbocycles. The van der Waals surface area contributed by atoms with Crippen LogP contribution >= 0.6 is 15.9 Å². The van der Waals surface area contributed by atoms with E-state index in [0.717, 1.165) is 27.8 Å². The predicted molar refractivity (Wildman–Crippen MR) is 114 cm³/mol. The first-order valence-electron chi connectivity index (χ1n) is 9.17. The van der Waals surface area contributed by atoms with Crippen molar-refractivity contribution in [2.24, 2.45) is 0 Å². The molecule has 6 nitrogen and oxygen atoms in total. The van der Waals surface area contributed by atoms with Crippen LogP contribution in [0.15, 0.2) is 40.9 Å². The monoisotopic (exact) mass is 450 g/mol. The smallest absolute Gasteiger partial charge is 0.262 e. The molecule has 2 aromatic carbocycles. The third-order valence-electron chi connectivity index (χ3n) is 3.86. The Morgan fingerprint density at radius 2 is 1.89 bits per heavy atom. The molecule has 0 heterocycles. The average Bonchev–Trinajstić information content (AvgIpc) is 2.67. The fourth-order valence-electron chi connectivity index (χ4n) is 2.51. The number of ether oxygens (including phenoxy) is 3. The predicted octanol–water partition coefficient (Wildman–Crippen LogP) is 3.91. The molecule has 7 heteroatoms. The van der Waals surface area contributed by atoms with Crippen molar-refractivity contribution >= 4 is 27.5 Å². The Balaban J connectivity index is 2.00. The molecule has 0 saturated heterocycles. The highest BCUT2D eigenvalue weighted by Gasteiger charge is 2.14. The van der Waals surface area contributed by atoms with Crippen molar-refractivity contribution in [1.29, 1.82) is 0 Å². The minimum atomic E-state index is -0.233. The fraction of sp³-hybridized carbons (Fsp3) is 0.381. The molecule has 152 valence electrons. The van der Waals surface area contributed by atoms with Crippen LogP contribution in [0.25, 0.3) is 0 Å². The van der Waals surface area contributed by atoms with Gasteiger partial charge >= 0.3 is 0 Å². The number of benzene rings is 2. The van der Waals surface area contributed by atoms with E-state index in [2.05, 4.69) is 26.6 Å². The lowest BCUT2D eigenvalue weighted by Crippen LogP contribution is -2.21. The third-order valence-corrected chi connectivity index (χ3v) is 4.45. The SMILES string of the molecule is CCOc1cc(CNCCOC)cc(Br)c1OCC(=O)Nc1ccc(C)cc1. The van der Waals surface area contributed by atoms with Gasteiger partial charge in [-0.2, -0.15) is 0 Å². The van der Waals surface area contributed by atoms with Crippen LogP contribution in [0.5, 0.6) is 11.5 Å². The molecular formula is C21H27BrN2O4. The van der Waals surface area contributed by atoms with Crippen LogP contribution in [0.2, 0.25) is 0 Å². The van der Waals surface area contributed by atoms with E-state index in [1.807, 2.05) is 50.2 Å². The summed E-state index contributed by atoms with van der Waals surface area (Å²) in [7, 11) is 1.67. The first-order chi connectivity index (χ1) is 13.5. The van der Waals surface area contributed by atoms with Crippen molar-refractivity contribution in [3.63, 3.8) is 0 Å². The maximum Gasteiger partial charge on any atom is 0.262 e. The largest absolute Gasteiger partial charge is 0.490 e. The number of aryl methyl sites for hydroxylation is 1. The molecule has 0 saturated carbocycles. The summed E-state index contributed by atoms with van der Waals surface area (Å²) in [6.07, 6.45) is 0. The molecule has 1 amide bonds. The van der Waals surface area contributed by atoms with Crippen LogP contribution in [-0.2, 0) is 16.1 Å². The molecule has 0 aliphatic heterocycles. The summed E-state index contributed by atoms with van der Waals surface area (Å²) in [5.74, 6) is 0.883. The van der Waals surface area contributed by atoms with Gasteiger partial charge in [0, 0.05) is 25.9 Å². The van der Waals surface area contributed by atoms with Crippen LogP contribution in [0.1, 0.15) is 18.1 Å². The molecule has 2 rings (SSSR count). The number of hydrogen-bond donors (Lipinski definition) is 2. The second kappa shape index (κ2) is 11.7. The van der Waals surface area contributed by atoms with Gasteiger partial charge < -0.3 is 24.8 Å². The van der Waals surface area contributed by atoms with Crippen molar-refractivity contribution in [2.45, 2.75) is 20.4 Å². The molecule has 2 aromatic rings. The zero-order chi connectivity index (χ0) is 20.4. The third kappa shape index (κ3) is 7.14. The molecule has 2 N–H and O–H groups in total. The molecule has 0 radical (unpaired) electrons. The summed E-state index contributed by atoms with van der Waals surface area (Å²) in [6.45, 7) is 6.38. The van der Waals surface area contributed by atoms with Crippen molar-refractivity contribution < 1.29 is 19.0 Å². The van der Waals surface area contributed by atoms with Crippen LogP contribution in [0.3, 0.4) is 0 Å². The molecule has 0 aromatic heterocycles. The van der Waals surface area contributed by atoms with Gasteiger partial charge in [-0.3, -0.25) is 4.79 Å². The molecule has 0 atom stereocenters. The summed E-state index contributed by atoms with van der Waals surface area (Å²) in [5, 5.41) is 6.11. The van der Waals surface area contributed by atoms with E-state index in [0.29, 0.717) is 31.3 Å². The second-order valence-electron chi connectivity index (χ2n) is 6.21. The number of anilines is 1. The number of carbonyl (C=O) groups excluding carboxylic acids is 1. The maximum absolute atomic E-state index is 12.2. The standard InChI is InChI=1S/C21H27BrN2O4/c1-4-27-19-12-16(13-23-9-10-26-3)11-18(22)21(19)28-14-20(25)24-17-7-5-15(2)6-8-17/h5-8,11-12,23H,4,9-10,13-14H2,1-3H3,(H,24,25). The van der Waals surface area contributed by atoms with E-state index in [4.69, 9.17) is 14.2 Å². The van der Waals surface area contributed by atoms with E-state index < -0.39 is 0 Å². The van der Waals surface area contributed by atoms with Gasteiger partial charge in [0.1, 0.15) is 0 Å². The van der Waals surface area contributed by atoms with Crippen LogP contribution < -0.4 is 20.1 Å². The average molecular weight is 451 g/mol. The van der Waals surface area contributed by atoms with Crippen LogP contribution in [0, 0.1) is 6.92 Å². The van der Waals surface area contributed by atoms with E-state index >= 15 is 0 Å². The van der Waals surface area contributed by atoms with E-state index in [-0.39, 0.29) is 12.5 Å². The molecular weight excluding hydrogens is 424 g/mol. The van der Waals surface area contributed by atoms with Gasteiger partial charge in [0.15, 0.2) is 18.1 Å². The molecule has 0 bridgehead atoms. The minimum Gasteiger partial charge on any atom is -0.490 e. The highest BCUT2D eigenvalue weighted by molar-refractivity contribution is 9.10. The Bertz CT molecular complexity index is 766. The summed E-state index contributed by atoms with van der Waals surface area (Å²) in [6, 6.07) is 11.5. The summed E-state index contributed by atoms with van der Waals surface area (Å²) in [4.78, 5) is 12.2. The normalized spacial score (nSPS) is 10.6. The highest BCUT2D eigenvalue weighted by atomic mass is 79.9. The van der Waals surface area contributed by atoms with Crippen LogP contribution in [-0.4, -0.2) is 39.4 Å². The Hall–Kier alpha value is -2.09. The summed E-state index contributed by atoms with van der Waals surface area (Å²) < 4.78 is 17.2. The van der Waals surface area contributed by atoms with Crippen LogP contribution in [0.4, 0.5) is 5.69 Å². The van der Waals surface area contributed by atoms with Crippen molar-refractivity contribution in [3.8, 4) is 11.5 Å². The fourth-order valence-corrected chi connectivity index (χ4v) is 3.11. The first-order valence-corrected chi connectivity index (χ1v) is 9.97. The van der Waals surface area contributed by atoms with Crippen molar-refractivity contribution in [3.05, 3.63) is 52.0 Å². The quantitative estimate of drug-likeness (QED) is 0.507. The summed E-state index contributed by atoms with van der Waals surface area (Å²) in [5.41, 5.74) is 2.92. The number of hydrogen-bond acceptors (Lipinski definition) is 5. The molecule has 0 fully saturated rings. The van der Waals surface area contributed by atoms with Gasteiger partial charge in [0.05, 0.1) is 17.7 Å². The zero-order valence-electron chi connectivity index (χ0n) is 16.5. The lowest BCUT2D eigenvalue weighted by atomic mass is 10.2. The lowest BCUT2D eigenvalue weighted by Gasteiger charge is -2.16. The van der Waals surface area contributed by atoms with Gasteiger partial charge in [-0.1, -0.05) is 17.7 Å². The van der Waals surface area contributed by atoms with Gasteiger partial charge in [-0.05, 0) is 59.6 Å². The summed E-state index contributed by atoms with van der Waals surface area (Å²) >= 11 is 3.53. The highest BCUT2D eigenvalue weighted by Crippen LogP contribution is 2.37. The minimum absolute atomic E-state index is 0.113. The topological polar surface area (TPSA) is 68.8 Å². The number of nitrogens with one attached hydrogen (secondary N) is 2. The molecule has 0 unspecified atom stereocenters. The number of rotatable bonds is 11.